The Morgan fingerprint density at radius 3 is 2.75 bits per heavy atom. The molecule has 0 aliphatic carbocycles. The van der Waals surface area contributed by atoms with Gasteiger partial charge in [-0.1, -0.05) is 20.3 Å². The number of hydrogen-bond donors (Lipinski definition) is 1. The molecule has 1 aromatic rings. The van der Waals surface area contributed by atoms with Crippen LogP contribution in [-0.4, -0.2) is 37.0 Å². The predicted molar refractivity (Wildman–Crippen MR) is 77.5 cm³/mol. The quantitative estimate of drug-likeness (QED) is 0.869. The molecule has 6 nitrogen and oxygen atoms in total. The summed E-state index contributed by atoms with van der Waals surface area (Å²) in [4.78, 5) is 11.6. The average Bonchev–Trinajstić information content (AvgIpc) is 2.93. The van der Waals surface area contributed by atoms with E-state index in [2.05, 4.69) is 15.5 Å². The van der Waals surface area contributed by atoms with Crippen molar-refractivity contribution in [2.24, 2.45) is 5.41 Å². The van der Waals surface area contributed by atoms with E-state index in [0.717, 1.165) is 18.0 Å². The number of tetrazole rings is 1. The van der Waals surface area contributed by atoms with E-state index in [1.165, 1.54) is 12.8 Å². The molecule has 0 radical (unpaired) electrons. The van der Waals surface area contributed by atoms with Gasteiger partial charge in [-0.2, -0.15) is 11.8 Å². The van der Waals surface area contributed by atoms with Crippen LogP contribution in [0, 0.1) is 5.41 Å². The number of rotatable bonds is 6. The number of carboxylic acid groups (broad SMARTS) is 1. The van der Waals surface area contributed by atoms with E-state index < -0.39 is 11.4 Å². The fraction of sp³-hybridized carbons (Fsp3) is 0.846. The molecular formula is C13H22N4O2S. The predicted octanol–water partition coefficient (Wildman–Crippen LogP) is 2.52. The molecule has 1 fully saturated rings. The van der Waals surface area contributed by atoms with Crippen LogP contribution in [0.15, 0.2) is 0 Å². The van der Waals surface area contributed by atoms with E-state index in [1.54, 1.807) is 4.68 Å². The summed E-state index contributed by atoms with van der Waals surface area (Å²) in [6, 6.07) is 0. The summed E-state index contributed by atoms with van der Waals surface area (Å²) in [7, 11) is 0. The fourth-order valence-electron chi connectivity index (χ4n) is 2.63. The second kappa shape index (κ2) is 6.56. The second-order valence-corrected chi connectivity index (χ2v) is 6.65. The lowest BCUT2D eigenvalue weighted by Gasteiger charge is -2.28. The molecule has 0 amide bonds. The molecule has 2 heterocycles. The first-order valence-electron chi connectivity index (χ1n) is 7.24. The number of nitrogens with zero attached hydrogens (tertiary/aromatic N) is 4. The van der Waals surface area contributed by atoms with Crippen molar-refractivity contribution in [2.45, 2.75) is 57.7 Å². The number of carbonyl (C=O) groups is 1. The standard InChI is InChI=1S/C13H22N4O2S/c1-3-13(4-2,12(18)19)9-17-11(14-15-16-17)10-7-5-6-8-20-10/h10H,3-9H2,1-2H3,(H,18,19). The van der Waals surface area contributed by atoms with Crippen LogP contribution in [0.4, 0.5) is 0 Å². The van der Waals surface area contributed by atoms with Crippen molar-refractivity contribution in [3.63, 3.8) is 0 Å². The molecular weight excluding hydrogens is 276 g/mol. The van der Waals surface area contributed by atoms with Crippen LogP contribution in [0.2, 0.25) is 0 Å². The van der Waals surface area contributed by atoms with Gasteiger partial charge in [0.2, 0.25) is 0 Å². The Hall–Kier alpha value is -1.11. The molecule has 1 unspecified atom stereocenters. The lowest BCUT2D eigenvalue weighted by atomic mass is 9.82. The van der Waals surface area contributed by atoms with Crippen molar-refractivity contribution in [1.82, 2.24) is 20.2 Å². The van der Waals surface area contributed by atoms with Gasteiger partial charge in [0.15, 0.2) is 5.82 Å². The molecule has 7 heteroatoms. The molecule has 1 aromatic heterocycles. The molecule has 0 saturated carbocycles. The highest BCUT2D eigenvalue weighted by molar-refractivity contribution is 7.99. The van der Waals surface area contributed by atoms with E-state index in [4.69, 9.17) is 0 Å². The van der Waals surface area contributed by atoms with Gasteiger partial charge < -0.3 is 5.11 Å². The highest BCUT2D eigenvalue weighted by atomic mass is 32.2. The molecule has 20 heavy (non-hydrogen) atoms. The maximum atomic E-state index is 11.6. The van der Waals surface area contributed by atoms with Gasteiger partial charge >= 0.3 is 5.97 Å². The minimum absolute atomic E-state index is 0.305. The van der Waals surface area contributed by atoms with Gasteiger partial charge in [0.05, 0.1) is 17.2 Å². The molecule has 1 atom stereocenters. The minimum atomic E-state index is -0.774. The zero-order chi connectivity index (χ0) is 14.6. The fourth-order valence-corrected chi connectivity index (χ4v) is 3.94. The summed E-state index contributed by atoms with van der Waals surface area (Å²) in [5, 5.41) is 21.8. The first kappa shape index (κ1) is 15.3. The molecule has 0 spiro atoms. The molecule has 1 aliphatic rings. The number of carboxylic acids is 1. The van der Waals surface area contributed by atoms with Gasteiger partial charge in [0.1, 0.15) is 0 Å². The van der Waals surface area contributed by atoms with Crippen LogP contribution in [0.5, 0.6) is 0 Å². The number of thioether (sulfide) groups is 1. The normalized spacial score (nSPS) is 20.0. The summed E-state index contributed by atoms with van der Waals surface area (Å²) >= 11 is 1.87. The summed E-state index contributed by atoms with van der Waals surface area (Å²) in [6.07, 6.45) is 4.66. The maximum Gasteiger partial charge on any atom is 0.311 e. The zero-order valence-electron chi connectivity index (χ0n) is 12.1. The largest absolute Gasteiger partial charge is 0.481 e. The van der Waals surface area contributed by atoms with Crippen molar-refractivity contribution >= 4 is 17.7 Å². The van der Waals surface area contributed by atoms with Crippen molar-refractivity contribution in [3.8, 4) is 0 Å². The number of hydrogen-bond acceptors (Lipinski definition) is 5. The third-order valence-corrected chi connectivity index (χ3v) is 5.66. The van der Waals surface area contributed by atoms with E-state index in [0.29, 0.717) is 24.6 Å². The topological polar surface area (TPSA) is 80.9 Å². The summed E-state index contributed by atoms with van der Waals surface area (Å²) in [6.45, 7) is 4.18. The van der Waals surface area contributed by atoms with Gasteiger partial charge in [-0.3, -0.25) is 4.79 Å². The first-order chi connectivity index (χ1) is 9.63. The Morgan fingerprint density at radius 1 is 1.45 bits per heavy atom. The number of aliphatic carboxylic acids is 1. The maximum absolute atomic E-state index is 11.6. The third-order valence-electron chi connectivity index (χ3n) is 4.29. The van der Waals surface area contributed by atoms with Crippen LogP contribution >= 0.6 is 11.8 Å². The van der Waals surface area contributed by atoms with Crippen LogP contribution in [0.25, 0.3) is 0 Å². The van der Waals surface area contributed by atoms with Gasteiger partial charge in [0, 0.05) is 0 Å². The molecule has 1 N–H and O–H groups in total. The van der Waals surface area contributed by atoms with E-state index >= 15 is 0 Å². The third kappa shape index (κ3) is 2.97. The van der Waals surface area contributed by atoms with E-state index in [-0.39, 0.29) is 0 Å². The monoisotopic (exact) mass is 298 g/mol. The Bertz CT molecular complexity index is 453. The Balaban J connectivity index is 2.20. The summed E-state index contributed by atoms with van der Waals surface area (Å²) < 4.78 is 1.71. The Labute approximate surface area is 123 Å². The highest BCUT2D eigenvalue weighted by Crippen LogP contribution is 2.38. The van der Waals surface area contributed by atoms with Crippen molar-refractivity contribution < 1.29 is 9.90 Å². The SMILES string of the molecule is CCC(CC)(Cn1nnnc1C1CCCCS1)C(=O)O. The van der Waals surface area contributed by atoms with Gasteiger partial charge in [-0.15, -0.1) is 5.10 Å². The van der Waals surface area contributed by atoms with Crippen LogP contribution in [0.1, 0.15) is 57.0 Å². The highest BCUT2D eigenvalue weighted by Gasteiger charge is 2.37. The molecule has 112 valence electrons. The van der Waals surface area contributed by atoms with E-state index in [1.807, 2.05) is 25.6 Å². The lowest BCUT2D eigenvalue weighted by molar-refractivity contribution is -0.150. The smallest absolute Gasteiger partial charge is 0.311 e. The Kier molecular flexibility index (Phi) is 5.01. The number of aromatic nitrogens is 4. The van der Waals surface area contributed by atoms with E-state index in [9.17, 15) is 9.90 Å². The van der Waals surface area contributed by atoms with Gasteiger partial charge in [0.25, 0.3) is 0 Å². The van der Waals surface area contributed by atoms with Crippen LogP contribution in [0.3, 0.4) is 0 Å². The second-order valence-electron chi connectivity index (χ2n) is 5.34. The van der Waals surface area contributed by atoms with Crippen molar-refractivity contribution in [1.29, 1.82) is 0 Å². The Morgan fingerprint density at radius 2 is 2.20 bits per heavy atom. The van der Waals surface area contributed by atoms with Gasteiger partial charge in [-0.25, -0.2) is 4.68 Å². The lowest BCUT2D eigenvalue weighted by Crippen LogP contribution is -2.35. The first-order valence-corrected chi connectivity index (χ1v) is 8.29. The average molecular weight is 298 g/mol. The molecule has 1 saturated heterocycles. The zero-order valence-corrected chi connectivity index (χ0v) is 12.9. The van der Waals surface area contributed by atoms with Crippen molar-refractivity contribution in [3.05, 3.63) is 5.82 Å². The minimum Gasteiger partial charge on any atom is -0.481 e. The molecule has 0 aromatic carbocycles. The molecule has 0 bridgehead atoms. The summed E-state index contributed by atoms with van der Waals surface area (Å²) in [5.41, 5.74) is -0.774. The molecule has 2 rings (SSSR count). The van der Waals surface area contributed by atoms with Crippen molar-refractivity contribution in [2.75, 3.05) is 5.75 Å². The van der Waals surface area contributed by atoms with Crippen LogP contribution in [-0.2, 0) is 11.3 Å². The van der Waals surface area contributed by atoms with Crippen LogP contribution < -0.4 is 0 Å². The molecule has 1 aliphatic heterocycles. The van der Waals surface area contributed by atoms with Gasteiger partial charge in [-0.05, 0) is 41.9 Å². The summed E-state index contributed by atoms with van der Waals surface area (Å²) in [5.74, 6) is 1.20.